The molecular formula is C17H28N2O2. The van der Waals surface area contributed by atoms with Crippen molar-refractivity contribution in [2.75, 3.05) is 32.8 Å². The van der Waals surface area contributed by atoms with Gasteiger partial charge in [-0.15, -0.1) is 0 Å². The van der Waals surface area contributed by atoms with Crippen molar-refractivity contribution in [3.05, 3.63) is 24.2 Å². The van der Waals surface area contributed by atoms with Gasteiger partial charge in [0.25, 0.3) is 0 Å². The van der Waals surface area contributed by atoms with Crippen LogP contribution in [0.4, 0.5) is 0 Å². The van der Waals surface area contributed by atoms with Crippen LogP contribution in [0.15, 0.2) is 22.8 Å². The van der Waals surface area contributed by atoms with E-state index in [1.165, 1.54) is 32.4 Å². The predicted octanol–water partition coefficient (Wildman–Crippen LogP) is 2.97. The highest BCUT2D eigenvalue weighted by Gasteiger charge is 2.38. The minimum atomic E-state index is 0.268. The largest absolute Gasteiger partial charge is 0.468 e. The van der Waals surface area contributed by atoms with E-state index in [9.17, 15) is 0 Å². The van der Waals surface area contributed by atoms with Crippen LogP contribution >= 0.6 is 0 Å². The number of hydrogen-bond donors (Lipinski definition) is 1. The molecule has 3 heterocycles. The van der Waals surface area contributed by atoms with E-state index in [0.717, 1.165) is 38.4 Å². The fourth-order valence-electron chi connectivity index (χ4n) is 3.71. The normalized spacial score (nSPS) is 24.8. The Morgan fingerprint density at radius 3 is 2.67 bits per heavy atom. The number of nitrogens with one attached hydrogen (secondary N) is 1. The zero-order valence-corrected chi connectivity index (χ0v) is 13.1. The second-order valence-electron chi connectivity index (χ2n) is 6.50. The van der Waals surface area contributed by atoms with E-state index >= 15 is 0 Å². The summed E-state index contributed by atoms with van der Waals surface area (Å²) in [4.78, 5) is 2.72. The summed E-state index contributed by atoms with van der Waals surface area (Å²) in [7, 11) is 0. The highest BCUT2D eigenvalue weighted by Crippen LogP contribution is 2.31. The maximum atomic E-state index is 5.62. The molecule has 21 heavy (non-hydrogen) atoms. The molecule has 118 valence electrons. The summed E-state index contributed by atoms with van der Waals surface area (Å²) >= 11 is 0. The fraction of sp³-hybridized carbons (Fsp3) is 0.765. The van der Waals surface area contributed by atoms with Crippen LogP contribution in [0, 0.1) is 0 Å². The van der Waals surface area contributed by atoms with Gasteiger partial charge in [-0.3, -0.25) is 4.90 Å². The first kappa shape index (κ1) is 15.1. The van der Waals surface area contributed by atoms with Gasteiger partial charge in [0.05, 0.1) is 12.3 Å². The van der Waals surface area contributed by atoms with Crippen molar-refractivity contribution in [2.24, 2.45) is 0 Å². The van der Waals surface area contributed by atoms with Crippen molar-refractivity contribution in [3.63, 3.8) is 0 Å². The standard InChI is InChI=1S/C17H28N2O2/c1-15(16-6-5-11-21-16)18-14-17(7-12-20-13-8-17)19-9-3-2-4-10-19/h5-6,11,15,18H,2-4,7-10,12-14H2,1H3. The third-order valence-corrected chi connectivity index (χ3v) is 5.16. The van der Waals surface area contributed by atoms with Crippen molar-refractivity contribution < 1.29 is 9.15 Å². The molecule has 4 nitrogen and oxygen atoms in total. The summed E-state index contributed by atoms with van der Waals surface area (Å²) < 4.78 is 11.1. The Kier molecular flexibility index (Phi) is 4.99. The van der Waals surface area contributed by atoms with Crippen LogP contribution in [-0.4, -0.2) is 43.3 Å². The maximum Gasteiger partial charge on any atom is 0.120 e. The second kappa shape index (κ2) is 6.95. The molecule has 0 aliphatic carbocycles. The Labute approximate surface area is 127 Å². The topological polar surface area (TPSA) is 37.6 Å². The van der Waals surface area contributed by atoms with Gasteiger partial charge in [0.15, 0.2) is 0 Å². The highest BCUT2D eigenvalue weighted by atomic mass is 16.5. The zero-order chi connectivity index (χ0) is 14.5. The maximum absolute atomic E-state index is 5.62. The van der Waals surface area contributed by atoms with Gasteiger partial charge in [0.2, 0.25) is 0 Å². The first-order chi connectivity index (χ1) is 10.3. The highest BCUT2D eigenvalue weighted by molar-refractivity contribution is 5.04. The van der Waals surface area contributed by atoms with Gasteiger partial charge < -0.3 is 14.5 Å². The number of furan rings is 1. The molecule has 3 rings (SSSR count). The molecular weight excluding hydrogens is 264 g/mol. The lowest BCUT2D eigenvalue weighted by atomic mass is 9.86. The van der Waals surface area contributed by atoms with E-state index in [2.05, 4.69) is 23.2 Å². The lowest BCUT2D eigenvalue weighted by Gasteiger charge is -2.48. The van der Waals surface area contributed by atoms with E-state index in [1.54, 1.807) is 6.26 Å². The predicted molar refractivity (Wildman–Crippen MR) is 83.3 cm³/mol. The third-order valence-electron chi connectivity index (χ3n) is 5.16. The Morgan fingerprint density at radius 2 is 2.00 bits per heavy atom. The molecule has 1 N–H and O–H groups in total. The third kappa shape index (κ3) is 3.50. The quantitative estimate of drug-likeness (QED) is 0.905. The summed E-state index contributed by atoms with van der Waals surface area (Å²) in [6, 6.07) is 4.28. The SMILES string of the molecule is CC(NCC1(N2CCCCC2)CCOCC1)c1ccco1. The number of ether oxygens (including phenoxy) is 1. The molecule has 0 aromatic carbocycles. The van der Waals surface area contributed by atoms with Crippen LogP contribution in [0.1, 0.15) is 50.8 Å². The monoisotopic (exact) mass is 292 g/mol. The number of piperidine rings is 1. The second-order valence-corrected chi connectivity index (χ2v) is 6.50. The van der Waals surface area contributed by atoms with E-state index < -0.39 is 0 Å². The molecule has 0 saturated carbocycles. The van der Waals surface area contributed by atoms with Crippen molar-refractivity contribution in [2.45, 2.75) is 50.6 Å². The average molecular weight is 292 g/mol. The number of nitrogens with zero attached hydrogens (tertiary/aromatic N) is 1. The Bertz CT molecular complexity index is 406. The van der Waals surface area contributed by atoms with Crippen LogP contribution in [0.2, 0.25) is 0 Å². The van der Waals surface area contributed by atoms with Crippen molar-refractivity contribution in [1.29, 1.82) is 0 Å². The van der Waals surface area contributed by atoms with Gasteiger partial charge in [-0.1, -0.05) is 6.42 Å². The summed E-state index contributed by atoms with van der Waals surface area (Å²) in [5.41, 5.74) is 0.277. The van der Waals surface area contributed by atoms with Gasteiger partial charge in [-0.2, -0.15) is 0 Å². The van der Waals surface area contributed by atoms with Crippen LogP contribution in [0.5, 0.6) is 0 Å². The molecule has 1 aromatic heterocycles. The molecule has 1 aromatic rings. The van der Waals surface area contributed by atoms with E-state index in [4.69, 9.17) is 9.15 Å². The Morgan fingerprint density at radius 1 is 1.24 bits per heavy atom. The molecule has 4 heteroatoms. The molecule has 2 saturated heterocycles. The smallest absolute Gasteiger partial charge is 0.120 e. The molecule has 0 amide bonds. The fourth-order valence-corrected chi connectivity index (χ4v) is 3.71. The summed E-state index contributed by atoms with van der Waals surface area (Å²) in [5.74, 6) is 1.02. The molecule has 1 atom stereocenters. The lowest BCUT2D eigenvalue weighted by molar-refractivity contribution is -0.0368. The molecule has 2 aliphatic rings. The van der Waals surface area contributed by atoms with E-state index in [-0.39, 0.29) is 11.6 Å². The Hall–Kier alpha value is -0.840. The first-order valence-electron chi connectivity index (χ1n) is 8.40. The zero-order valence-electron chi connectivity index (χ0n) is 13.1. The number of likely N-dealkylation sites (tertiary alicyclic amines) is 1. The summed E-state index contributed by atoms with van der Waals surface area (Å²) in [5, 5.41) is 3.70. The van der Waals surface area contributed by atoms with Crippen LogP contribution in [-0.2, 0) is 4.74 Å². The molecule has 2 fully saturated rings. The van der Waals surface area contributed by atoms with Crippen molar-refractivity contribution >= 4 is 0 Å². The van der Waals surface area contributed by atoms with Crippen molar-refractivity contribution in [1.82, 2.24) is 10.2 Å². The molecule has 0 radical (unpaired) electrons. The van der Waals surface area contributed by atoms with E-state index in [0.29, 0.717) is 0 Å². The Balaban J connectivity index is 1.64. The van der Waals surface area contributed by atoms with Gasteiger partial charge in [0, 0.05) is 25.3 Å². The minimum absolute atomic E-state index is 0.268. The van der Waals surface area contributed by atoms with Crippen molar-refractivity contribution in [3.8, 4) is 0 Å². The van der Waals surface area contributed by atoms with E-state index in [1.807, 2.05) is 6.07 Å². The molecule has 0 spiro atoms. The average Bonchev–Trinajstić information content (AvgIpc) is 3.09. The van der Waals surface area contributed by atoms with Crippen LogP contribution in [0.3, 0.4) is 0 Å². The minimum Gasteiger partial charge on any atom is -0.468 e. The summed E-state index contributed by atoms with van der Waals surface area (Å²) in [6.45, 7) is 7.49. The number of hydrogen-bond acceptors (Lipinski definition) is 4. The van der Waals surface area contributed by atoms with Gasteiger partial charge in [0.1, 0.15) is 5.76 Å². The van der Waals surface area contributed by atoms with Crippen LogP contribution in [0.25, 0.3) is 0 Å². The molecule has 1 unspecified atom stereocenters. The number of rotatable bonds is 5. The van der Waals surface area contributed by atoms with Gasteiger partial charge >= 0.3 is 0 Å². The first-order valence-corrected chi connectivity index (χ1v) is 8.40. The lowest BCUT2D eigenvalue weighted by Crippen LogP contribution is -2.59. The molecule has 0 bridgehead atoms. The summed E-state index contributed by atoms with van der Waals surface area (Å²) in [6.07, 6.45) is 8.12. The van der Waals surface area contributed by atoms with Crippen LogP contribution < -0.4 is 5.32 Å². The van der Waals surface area contributed by atoms with Gasteiger partial charge in [-0.05, 0) is 57.8 Å². The molecule has 2 aliphatic heterocycles. The van der Waals surface area contributed by atoms with Gasteiger partial charge in [-0.25, -0.2) is 0 Å².